The highest BCUT2D eigenvalue weighted by atomic mass is 79.9. The Hall–Kier alpha value is -1.02. The first-order valence-corrected chi connectivity index (χ1v) is 6.85. The number of hydrogen-bond donors (Lipinski definition) is 0. The smallest absolute Gasteiger partial charge is 0.258 e. The Morgan fingerprint density at radius 3 is 2.69 bits per heavy atom. The maximum atomic E-state index is 11.7. The van der Waals surface area contributed by atoms with Gasteiger partial charge < -0.3 is 0 Å². The first-order valence-electron chi connectivity index (χ1n) is 4.41. The normalized spacial score (nSPS) is 11.4. The Kier molecular flexibility index (Phi) is 3.98. The lowest BCUT2D eigenvalue weighted by Gasteiger charge is -2.04. The van der Waals surface area contributed by atoms with Crippen molar-refractivity contribution in [3.63, 3.8) is 0 Å². The van der Waals surface area contributed by atoms with Crippen LogP contribution in [0.5, 0.6) is 0 Å². The molecule has 0 atom stereocenters. The van der Waals surface area contributed by atoms with Gasteiger partial charge in [-0.15, -0.1) is 0 Å². The van der Waals surface area contributed by atoms with Gasteiger partial charge in [-0.05, 0) is 22.4 Å². The van der Waals surface area contributed by atoms with Gasteiger partial charge in [-0.25, -0.2) is 13.4 Å². The molecule has 6 nitrogen and oxygen atoms in total. The van der Waals surface area contributed by atoms with Gasteiger partial charge in [0.1, 0.15) is 15.7 Å². The van der Waals surface area contributed by atoms with Gasteiger partial charge in [0.05, 0.1) is 10.7 Å². The molecule has 0 spiro atoms. The number of nitro groups is 1. The molecule has 0 fully saturated rings. The van der Waals surface area contributed by atoms with E-state index in [1.165, 1.54) is 0 Å². The first kappa shape index (κ1) is 13.0. The molecular weight excluding hydrogens is 300 g/mol. The quantitative estimate of drug-likeness (QED) is 0.481. The second-order valence-corrected chi connectivity index (χ2v) is 5.89. The lowest BCUT2D eigenvalue weighted by atomic mass is 10.4. The van der Waals surface area contributed by atoms with Gasteiger partial charge in [-0.2, -0.15) is 0 Å². The van der Waals surface area contributed by atoms with Crippen molar-refractivity contribution >= 4 is 31.5 Å². The molecule has 0 aliphatic rings. The molecule has 1 aromatic rings. The monoisotopic (exact) mass is 308 g/mol. The van der Waals surface area contributed by atoms with E-state index in [2.05, 4.69) is 20.9 Å². The van der Waals surface area contributed by atoms with Crippen molar-refractivity contribution < 1.29 is 13.3 Å². The molecule has 0 saturated heterocycles. The molecule has 0 aliphatic heterocycles. The molecule has 0 unspecified atom stereocenters. The molecule has 0 amide bonds. The van der Waals surface area contributed by atoms with Gasteiger partial charge in [-0.1, -0.05) is 6.92 Å². The summed E-state index contributed by atoms with van der Waals surface area (Å²) in [5.41, 5.74) is -0.335. The van der Waals surface area contributed by atoms with Crippen molar-refractivity contribution in [3.05, 3.63) is 27.0 Å². The van der Waals surface area contributed by atoms with Gasteiger partial charge in [0.25, 0.3) is 5.69 Å². The van der Waals surface area contributed by atoms with Crippen molar-refractivity contribution in [1.29, 1.82) is 0 Å². The fraction of sp³-hybridized carbons (Fsp3) is 0.375. The van der Waals surface area contributed by atoms with E-state index in [1.807, 2.05) is 0 Å². The van der Waals surface area contributed by atoms with Crippen LogP contribution in [0.4, 0.5) is 5.69 Å². The Morgan fingerprint density at radius 2 is 2.19 bits per heavy atom. The molecule has 0 bridgehead atoms. The van der Waals surface area contributed by atoms with E-state index < -0.39 is 14.8 Å². The maximum absolute atomic E-state index is 11.7. The Morgan fingerprint density at radius 1 is 1.56 bits per heavy atom. The average Bonchev–Trinajstić information content (AvgIpc) is 2.17. The highest BCUT2D eigenvalue weighted by Gasteiger charge is 2.21. The van der Waals surface area contributed by atoms with Crippen LogP contribution in [0.15, 0.2) is 21.8 Å². The fourth-order valence-electron chi connectivity index (χ4n) is 1.11. The van der Waals surface area contributed by atoms with Crippen LogP contribution in [0.25, 0.3) is 0 Å². The van der Waals surface area contributed by atoms with Gasteiger partial charge in [0.2, 0.25) is 0 Å². The van der Waals surface area contributed by atoms with Crippen molar-refractivity contribution in [3.8, 4) is 0 Å². The molecule has 0 radical (unpaired) electrons. The van der Waals surface area contributed by atoms with Gasteiger partial charge >= 0.3 is 0 Å². The third-order valence-electron chi connectivity index (χ3n) is 1.81. The summed E-state index contributed by atoms with van der Waals surface area (Å²) in [6.45, 7) is 1.72. The zero-order chi connectivity index (χ0) is 12.3. The molecule has 8 heteroatoms. The summed E-state index contributed by atoms with van der Waals surface area (Å²) in [4.78, 5) is 13.3. The van der Waals surface area contributed by atoms with Gasteiger partial charge in [0, 0.05) is 6.07 Å². The summed E-state index contributed by atoms with van der Waals surface area (Å²) >= 11 is 2.97. The van der Waals surface area contributed by atoms with Crippen LogP contribution < -0.4 is 0 Å². The molecule has 1 rings (SSSR count). The second-order valence-electron chi connectivity index (χ2n) is 3.06. The molecule has 1 aromatic heterocycles. The molecular formula is C8H9BrN2O4S. The van der Waals surface area contributed by atoms with Crippen molar-refractivity contribution in [2.45, 2.75) is 18.2 Å². The lowest BCUT2D eigenvalue weighted by Crippen LogP contribution is -2.08. The Balaban J connectivity index is 3.33. The van der Waals surface area contributed by atoms with Gasteiger partial charge in [-0.3, -0.25) is 10.1 Å². The zero-order valence-corrected chi connectivity index (χ0v) is 10.8. The number of sulfone groups is 1. The van der Waals surface area contributed by atoms with Crippen molar-refractivity contribution in [2.24, 2.45) is 0 Å². The summed E-state index contributed by atoms with van der Waals surface area (Å²) in [7, 11) is -3.51. The van der Waals surface area contributed by atoms with Crippen LogP contribution in [-0.4, -0.2) is 24.1 Å². The third kappa shape index (κ3) is 2.76. The van der Waals surface area contributed by atoms with Crippen molar-refractivity contribution in [1.82, 2.24) is 4.98 Å². The van der Waals surface area contributed by atoms with E-state index in [0.29, 0.717) is 6.42 Å². The molecule has 0 N–H and O–H groups in total. The molecule has 16 heavy (non-hydrogen) atoms. The minimum Gasteiger partial charge on any atom is -0.258 e. The standard InChI is InChI=1S/C8H9BrN2O4S/c1-2-3-16(14,15)7-4-6(11(12)13)5-10-8(7)9/h4-5H,2-3H2,1H3. The fourth-order valence-corrected chi connectivity index (χ4v) is 3.44. The van der Waals surface area contributed by atoms with Crippen LogP contribution in [0, 0.1) is 10.1 Å². The van der Waals surface area contributed by atoms with Crippen LogP contribution in [0.2, 0.25) is 0 Å². The number of pyridine rings is 1. The van der Waals surface area contributed by atoms with Gasteiger partial charge in [0.15, 0.2) is 9.84 Å². The molecule has 0 aliphatic carbocycles. The number of hydrogen-bond acceptors (Lipinski definition) is 5. The second kappa shape index (κ2) is 4.88. The molecule has 1 heterocycles. The number of halogens is 1. The van der Waals surface area contributed by atoms with Crippen LogP contribution in [-0.2, 0) is 9.84 Å². The summed E-state index contributed by atoms with van der Waals surface area (Å²) in [6, 6.07) is 1.02. The largest absolute Gasteiger partial charge is 0.288 e. The predicted octanol–water partition coefficient (Wildman–Crippen LogP) is 1.94. The van der Waals surface area contributed by atoms with E-state index in [1.54, 1.807) is 6.92 Å². The molecule has 0 aromatic carbocycles. The summed E-state index contributed by atoms with van der Waals surface area (Å²) in [6.07, 6.45) is 1.45. The summed E-state index contributed by atoms with van der Waals surface area (Å²) in [5, 5.41) is 10.5. The van der Waals surface area contributed by atoms with E-state index >= 15 is 0 Å². The van der Waals surface area contributed by atoms with E-state index in [4.69, 9.17) is 0 Å². The van der Waals surface area contributed by atoms with Crippen LogP contribution >= 0.6 is 15.9 Å². The molecule has 0 saturated carbocycles. The number of nitrogens with zero attached hydrogens (tertiary/aromatic N) is 2. The lowest BCUT2D eigenvalue weighted by molar-refractivity contribution is -0.385. The minimum absolute atomic E-state index is 0.0611. The summed E-state index contributed by atoms with van der Waals surface area (Å²) in [5.74, 6) is -0.0611. The highest BCUT2D eigenvalue weighted by Crippen LogP contribution is 2.25. The van der Waals surface area contributed by atoms with Crippen molar-refractivity contribution in [2.75, 3.05) is 5.75 Å². The number of rotatable bonds is 4. The average molecular weight is 309 g/mol. The zero-order valence-electron chi connectivity index (χ0n) is 8.38. The first-order chi connectivity index (χ1) is 7.38. The Bertz CT molecular complexity index is 515. The van der Waals surface area contributed by atoms with E-state index in [-0.39, 0.29) is 20.9 Å². The van der Waals surface area contributed by atoms with Crippen LogP contribution in [0.1, 0.15) is 13.3 Å². The third-order valence-corrected chi connectivity index (χ3v) is 4.63. The summed E-state index contributed by atoms with van der Waals surface area (Å²) < 4.78 is 23.6. The Labute approximate surface area is 101 Å². The van der Waals surface area contributed by atoms with Crippen LogP contribution in [0.3, 0.4) is 0 Å². The maximum Gasteiger partial charge on any atom is 0.288 e. The molecule has 88 valence electrons. The SMILES string of the molecule is CCCS(=O)(=O)c1cc([N+](=O)[O-])cnc1Br. The van der Waals surface area contributed by atoms with E-state index in [9.17, 15) is 18.5 Å². The highest BCUT2D eigenvalue weighted by molar-refractivity contribution is 9.10. The predicted molar refractivity (Wildman–Crippen MR) is 60.9 cm³/mol. The number of aromatic nitrogens is 1. The van der Waals surface area contributed by atoms with E-state index in [0.717, 1.165) is 12.3 Å². The minimum atomic E-state index is -3.51. The topological polar surface area (TPSA) is 90.2 Å².